The standard InChI is InChI=1S/C22H20N4O2S/c23-22-25-18-10-14(5-6-20(18)29-22)21(28)26-11-15(19(27)12-26)9-13-7-8-24-17-4-2-1-3-16(13)17/h1-8,10,15,19,27H,9,11-12H2,(H2,23,25)/t15-,19-/m1/s1. The first-order chi connectivity index (χ1) is 14.1. The molecule has 0 bridgehead atoms. The van der Waals surface area contributed by atoms with E-state index in [1.165, 1.54) is 11.3 Å². The number of carbonyl (C=O) groups excluding carboxylic acids is 1. The summed E-state index contributed by atoms with van der Waals surface area (Å²) in [6, 6.07) is 15.5. The summed E-state index contributed by atoms with van der Waals surface area (Å²) in [6.45, 7) is 0.859. The summed E-state index contributed by atoms with van der Waals surface area (Å²) in [5.74, 6) is -0.0944. The number of anilines is 1. The van der Waals surface area contributed by atoms with Gasteiger partial charge in [0, 0.05) is 36.2 Å². The number of hydrogen-bond acceptors (Lipinski definition) is 6. The van der Waals surface area contributed by atoms with E-state index in [9.17, 15) is 9.90 Å². The van der Waals surface area contributed by atoms with Crippen LogP contribution in [0.5, 0.6) is 0 Å². The highest BCUT2D eigenvalue weighted by Gasteiger charge is 2.34. The van der Waals surface area contributed by atoms with Gasteiger partial charge in [-0.2, -0.15) is 0 Å². The van der Waals surface area contributed by atoms with Crippen LogP contribution in [0.25, 0.3) is 21.1 Å². The number of carbonyl (C=O) groups is 1. The molecule has 1 fully saturated rings. The fourth-order valence-corrected chi connectivity index (χ4v) is 4.81. The van der Waals surface area contributed by atoms with Gasteiger partial charge in [-0.25, -0.2) is 4.98 Å². The number of β-amino-alcohol motifs (C(OH)–C–C–N with tert-alkyl or cyclic N) is 1. The quantitative estimate of drug-likeness (QED) is 0.547. The van der Waals surface area contributed by atoms with Crippen molar-refractivity contribution in [2.75, 3.05) is 18.8 Å². The average Bonchev–Trinajstić information content (AvgIpc) is 3.28. The normalized spacial score (nSPS) is 19.3. The Morgan fingerprint density at radius 1 is 1.17 bits per heavy atom. The molecule has 1 saturated heterocycles. The van der Waals surface area contributed by atoms with Crippen LogP contribution in [0, 0.1) is 5.92 Å². The second kappa shape index (κ2) is 7.09. The van der Waals surface area contributed by atoms with Crippen LogP contribution in [-0.2, 0) is 6.42 Å². The molecule has 6 nitrogen and oxygen atoms in total. The van der Waals surface area contributed by atoms with Crippen molar-refractivity contribution in [1.29, 1.82) is 0 Å². The zero-order valence-electron chi connectivity index (χ0n) is 15.7. The Labute approximate surface area is 171 Å². The number of pyridine rings is 1. The molecule has 2 aromatic heterocycles. The maximum absolute atomic E-state index is 13.0. The topological polar surface area (TPSA) is 92.3 Å². The SMILES string of the molecule is Nc1nc2cc(C(=O)N3C[C@@H](Cc4ccnc5ccccc45)[C@H](O)C3)ccc2s1. The number of fused-ring (bicyclic) bond motifs is 2. The van der Waals surface area contributed by atoms with E-state index in [1.807, 2.05) is 30.3 Å². The molecule has 4 aromatic rings. The van der Waals surface area contributed by atoms with E-state index in [0.717, 1.165) is 26.7 Å². The van der Waals surface area contributed by atoms with Crippen molar-refractivity contribution in [1.82, 2.24) is 14.9 Å². The number of nitrogens with zero attached hydrogens (tertiary/aromatic N) is 3. The third kappa shape index (κ3) is 3.32. The number of aromatic nitrogens is 2. The lowest BCUT2D eigenvalue weighted by Gasteiger charge is -2.17. The summed E-state index contributed by atoms with van der Waals surface area (Å²) in [7, 11) is 0. The van der Waals surface area contributed by atoms with Gasteiger partial charge in [0.1, 0.15) is 0 Å². The molecular weight excluding hydrogens is 384 g/mol. The van der Waals surface area contributed by atoms with Gasteiger partial charge in [0.2, 0.25) is 0 Å². The highest BCUT2D eigenvalue weighted by atomic mass is 32.1. The van der Waals surface area contributed by atoms with Crippen LogP contribution in [0.1, 0.15) is 15.9 Å². The molecule has 146 valence electrons. The van der Waals surface area contributed by atoms with Gasteiger partial charge in [-0.3, -0.25) is 9.78 Å². The second-order valence-corrected chi connectivity index (χ2v) is 8.53. The van der Waals surface area contributed by atoms with Crippen LogP contribution in [-0.4, -0.2) is 45.1 Å². The van der Waals surface area contributed by atoms with Crippen LogP contribution in [0.15, 0.2) is 54.7 Å². The van der Waals surface area contributed by atoms with Crippen molar-refractivity contribution in [3.8, 4) is 0 Å². The van der Waals surface area contributed by atoms with E-state index in [2.05, 4.69) is 16.0 Å². The largest absolute Gasteiger partial charge is 0.391 e. The van der Waals surface area contributed by atoms with E-state index < -0.39 is 6.10 Å². The third-order valence-electron chi connectivity index (χ3n) is 5.57. The first-order valence-corrected chi connectivity index (χ1v) is 10.4. The van der Waals surface area contributed by atoms with Crippen molar-refractivity contribution >= 4 is 43.5 Å². The molecule has 0 saturated carbocycles. The second-order valence-electron chi connectivity index (χ2n) is 7.46. The van der Waals surface area contributed by atoms with E-state index in [4.69, 9.17) is 5.73 Å². The maximum Gasteiger partial charge on any atom is 0.254 e. The number of benzene rings is 2. The lowest BCUT2D eigenvalue weighted by atomic mass is 9.94. The summed E-state index contributed by atoms with van der Waals surface area (Å²) in [4.78, 5) is 23.4. The van der Waals surface area contributed by atoms with E-state index >= 15 is 0 Å². The number of nitrogen functional groups attached to an aromatic ring is 1. The number of likely N-dealkylation sites (tertiary alicyclic amines) is 1. The summed E-state index contributed by atoms with van der Waals surface area (Å²) in [6.07, 6.45) is 1.95. The highest BCUT2D eigenvalue weighted by molar-refractivity contribution is 7.22. The predicted molar refractivity (Wildman–Crippen MR) is 115 cm³/mol. The molecule has 7 heteroatoms. The summed E-state index contributed by atoms with van der Waals surface area (Å²) in [5.41, 5.74) is 9.16. The number of aliphatic hydroxyl groups is 1. The van der Waals surface area contributed by atoms with Crippen LogP contribution in [0.3, 0.4) is 0 Å². The Balaban J connectivity index is 1.36. The Kier molecular flexibility index (Phi) is 4.41. The van der Waals surface area contributed by atoms with Crippen molar-refractivity contribution in [2.45, 2.75) is 12.5 Å². The average molecular weight is 404 g/mol. The fraction of sp³-hybridized carbons (Fsp3) is 0.227. The van der Waals surface area contributed by atoms with Gasteiger partial charge in [-0.15, -0.1) is 0 Å². The third-order valence-corrected chi connectivity index (χ3v) is 6.43. The zero-order valence-corrected chi connectivity index (χ0v) is 16.5. The summed E-state index contributed by atoms with van der Waals surface area (Å²) < 4.78 is 0.961. The molecule has 2 atom stereocenters. The van der Waals surface area contributed by atoms with Gasteiger partial charge in [0.15, 0.2) is 5.13 Å². The predicted octanol–water partition coefficient (Wildman–Crippen LogP) is 3.10. The van der Waals surface area contributed by atoms with Crippen molar-refractivity contribution in [3.05, 3.63) is 65.9 Å². The van der Waals surface area contributed by atoms with Gasteiger partial charge < -0.3 is 15.7 Å². The Morgan fingerprint density at radius 3 is 2.93 bits per heavy atom. The number of aliphatic hydroxyl groups excluding tert-OH is 1. The lowest BCUT2D eigenvalue weighted by molar-refractivity contribution is 0.0765. The van der Waals surface area contributed by atoms with Crippen LogP contribution in [0.4, 0.5) is 5.13 Å². The molecule has 3 N–H and O–H groups in total. The van der Waals surface area contributed by atoms with Crippen LogP contribution < -0.4 is 5.73 Å². The minimum Gasteiger partial charge on any atom is -0.391 e. The van der Waals surface area contributed by atoms with Gasteiger partial charge in [-0.1, -0.05) is 29.5 Å². The molecular formula is C22H20N4O2S. The molecule has 1 aliphatic rings. The van der Waals surface area contributed by atoms with Crippen LogP contribution in [0.2, 0.25) is 0 Å². The number of para-hydroxylation sites is 1. The number of nitrogens with two attached hydrogens (primary N) is 1. The minimum atomic E-state index is -0.551. The number of amides is 1. The molecule has 29 heavy (non-hydrogen) atoms. The Hall–Kier alpha value is -3.03. The first-order valence-electron chi connectivity index (χ1n) is 9.54. The van der Waals surface area contributed by atoms with E-state index in [1.54, 1.807) is 23.2 Å². The molecule has 3 heterocycles. The van der Waals surface area contributed by atoms with E-state index in [0.29, 0.717) is 30.2 Å². The van der Waals surface area contributed by atoms with Crippen LogP contribution >= 0.6 is 11.3 Å². The van der Waals surface area contributed by atoms with Gasteiger partial charge >= 0.3 is 0 Å². The van der Waals surface area contributed by atoms with Crippen molar-refractivity contribution in [3.63, 3.8) is 0 Å². The Morgan fingerprint density at radius 2 is 2.03 bits per heavy atom. The molecule has 1 aliphatic heterocycles. The molecule has 0 spiro atoms. The Bertz CT molecular complexity index is 1220. The molecule has 5 rings (SSSR count). The van der Waals surface area contributed by atoms with Crippen molar-refractivity contribution < 1.29 is 9.90 Å². The zero-order chi connectivity index (χ0) is 20.0. The molecule has 0 unspecified atom stereocenters. The molecule has 0 radical (unpaired) electrons. The van der Waals surface area contributed by atoms with Gasteiger partial charge in [0.25, 0.3) is 5.91 Å². The molecule has 2 aromatic carbocycles. The number of thiazole rings is 1. The highest BCUT2D eigenvalue weighted by Crippen LogP contribution is 2.28. The van der Waals surface area contributed by atoms with E-state index in [-0.39, 0.29) is 11.8 Å². The smallest absolute Gasteiger partial charge is 0.254 e. The summed E-state index contributed by atoms with van der Waals surface area (Å²) >= 11 is 1.40. The summed E-state index contributed by atoms with van der Waals surface area (Å²) in [5, 5.41) is 12.2. The molecule has 0 aliphatic carbocycles. The number of rotatable bonds is 3. The first kappa shape index (κ1) is 18.0. The van der Waals surface area contributed by atoms with Gasteiger partial charge in [-0.05, 0) is 42.3 Å². The van der Waals surface area contributed by atoms with Gasteiger partial charge in [0.05, 0.1) is 21.8 Å². The fourth-order valence-electron chi connectivity index (χ4n) is 4.10. The monoisotopic (exact) mass is 404 g/mol. The molecule has 1 amide bonds. The minimum absolute atomic E-state index is 0.0107. The lowest BCUT2D eigenvalue weighted by Crippen LogP contribution is -2.29. The number of hydrogen-bond donors (Lipinski definition) is 2. The van der Waals surface area contributed by atoms with Crippen molar-refractivity contribution in [2.24, 2.45) is 5.92 Å². The maximum atomic E-state index is 13.0.